The molecular formula is C18H16BrF3N2O2. The predicted octanol–water partition coefficient (Wildman–Crippen LogP) is 4.60. The fourth-order valence-corrected chi connectivity index (χ4v) is 3.66. The quantitative estimate of drug-likeness (QED) is 0.667. The Balaban J connectivity index is 1.96. The first-order valence-corrected chi connectivity index (χ1v) is 8.79. The van der Waals surface area contributed by atoms with Crippen molar-refractivity contribution in [2.45, 2.75) is 31.8 Å². The van der Waals surface area contributed by atoms with Gasteiger partial charge in [0, 0.05) is 40.9 Å². The lowest BCUT2D eigenvalue weighted by Gasteiger charge is -2.38. The van der Waals surface area contributed by atoms with E-state index in [0.717, 1.165) is 22.0 Å². The summed E-state index contributed by atoms with van der Waals surface area (Å²) in [5.41, 5.74) is 1.97. The number of aromatic nitrogens is 1. The third-order valence-corrected chi connectivity index (χ3v) is 4.91. The van der Waals surface area contributed by atoms with Gasteiger partial charge in [0.1, 0.15) is 12.0 Å². The van der Waals surface area contributed by atoms with Crippen LogP contribution in [0.5, 0.6) is 5.75 Å². The first kappa shape index (κ1) is 18.8. The smallest absolute Gasteiger partial charge is 0.405 e. The van der Waals surface area contributed by atoms with E-state index < -0.39 is 18.4 Å². The van der Waals surface area contributed by atoms with Crippen LogP contribution in [0, 0.1) is 0 Å². The van der Waals surface area contributed by atoms with Gasteiger partial charge in [-0.25, -0.2) is 0 Å². The molecule has 2 atom stereocenters. The number of rotatable bonds is 4. The van der Waals surface area contributed by atoms with Crippen LogP contribution < -0.4 is 4.74 Å². The van der Waals surface area contributed by atoms with Gasteiger partial charge < -0.3 is 9.53 Å². The number of halogens is 4. The Morgan fingerprint density at radius 3 is 2.81 bits per heavy atom. The molecule has 1 aliphatic rings. The van der Waals surface area contributed by atoms with Gasteiger partial charge in [0.05, 0.1) is 6.04 Å². The molecule has 0 aliphatic carbocycles. The Hall–Kier alpha value is -1.93. The standard InChI is InChI=1S/C18H16BrF3N2O2/c1-11(13-4-2-3-5-17(13)26-18(20,21)22)24-7-6-15-14(16(24)10-25)8-12(19)9-23-15/h2-5,8-11,16H,6-7H2,1H3. The van der Waals surface area contributed by atoms with Gasteiger partial charge >= 0.3 is 6.36 Å². The van der Waals surface area contributed by atoms with Crippen LogP contribution in [0.3, 0.4) is 0 Å². The Morgan fingerprint density at radius 1 is 1.38 bits per heavy atom. The summed E-state index contributed by atoms with van der Waals surface area (Å²) in [6, 6.07) is 6.81. The third-order valence-electron chi connectivity index (χ3n) is 4.47. The van der Waals surface area contributed by atoms with Crippen molar-refractivity contribution >= 4 is 22.2 Å². The van der Waals surface area contributed by atoms with Gasteiger partial charge in [0.15, 0.2) is 0 Å². The molecule has 0 radical (unpaired) electrons. The number of hydrogen-bond donors (Lipinski definition) is 0. The van der Waals surface area contributed by atoms with Crippen molar-refractivity contribution in [3.05, 3.63) is 57.8 Å². The van der Waals surface area contributed by atoms with E-state index in [2.05, 4.69) is 25.7 Å². The molecule has 2 aromatic rings. The number of hydrogen-bond acceptors (Lipinski definition) is 4. The minimum Gasteiger partial charge on any atom is -0.405 e. The Bertz CT molecular complexity index is 813. The first-order chi connectivity index (χ1) is 12.3. The van der Waals surface area contributed by atoms with Crippen LogP contribution in [0.4, 0.5) is 13.2 Å². The van der Waals surface area contributed by atoms with Crippen molar-refractivity contribution in [3.63, 3.8) is 0 Å². The molecule has 0 spiro atoms. The van der Waals surface area contributed by atoms with E-state index >= 15 is 0 Å². The predicted molar refractivity (Wildman–Crippen MR) is 92.7 cm³/mol. The first-order valence-electron chi connectivity index (χ1n) is 8.00. The molecule has 3 rings (SSSR count). The lowest BCUT2D eigenvalue weighted by molar-refractivity contribution is -0.275. The highest BCUT2D eigenvalue weighted by Crippen LogP contribution is 2.39. The van der Waals surface area contributed by atoms with E-state index in [0.29, 0.717) is 18.5 Å². The molecule has 0 saturated heterocycles. The van der Waals surface area contributed by atoms with Gasteiger partial charge in [0.25, 0.3) is 0 Å². The number of alkyl halides is 3. The highest BCUT2D eigenvalue weighted by Gasteiger charge is 2.36. The van der Waals surface area contributed by atoms with Crippen LogP contribution in [0.1, 0.15) is 35.8 Å². The van der Waals surface area contributed by atoms with Gasteiger partial charge in [-0.3, -0.25) is 9.88 Å². The summed E-state index contributed by atoms with van der Waals surface area (Å²) in [6.45, 7) is 2.28. The van der Waals surface area contributed by atoms with E-state index in [1.54, 1.807) is 25.3 Å². The highest BCUT2D eigenvalue weighted by molar-refractivity contribution is 9.10. The van der Waals surface area contributed by atoms with Crippen LogP contribution in [0.25, 0.3) is 0 Å². The zero-order valence-electron chi connectivity index (χ0n) is 13.8. The molecule has 1 aromatic carbocycles. The lowest BCUT2D eigenvalue weighted by Crippen LogP contribution is -2.38. The lowest BCUT2D eigenvalue weighted by atomic mass is 9.94. The molecule has 2 heterocycles. The summed E-state index contributed by atoms with van der Waals surface area (Å²) in [4.78, 5) is 18.0. The van der Waals surface area contributed by atoms with Crippen molar-refractivity contribution in [1.29, 1.82) is 0 Å². The minimum atomic E-state index is -4.77. The summed E-state index contributed by atoms with van der Waals surface area (Å²) in [6.07, 6.45) is -1.69. The molecule has 0 amide bonds. The number of para-hydroxylation sites is 1. The van der Waals surface area contributed by atoms with Gasteiger partial charge in [0.2, 0.25) is 0 Å². The van der Waals surface area contributed by atoms with Crippen LogP contribution in [-0.4, -0.2) is 29.1 Å². The van der Waals surface area contributed by atoms with E-state index in [9.17, 15) is 18.0 Å². The van der Waals surface area contributed by atoms with Gasteiger partial charge in [-0.05, 0) is 40.5 Å². The zero-order valence-corrected chi connectivity index (χ0v) is 15.4. The van der Waals surface area contributed by atoms with Crippen LogP contribution in [0.2, 0.25) is 0 Å². The number of carbonyl (C=O) groups excluding carboxylic acids is 1. The Labute approximate surface area is 157 Å². The van der Waals surface area contributed by atoms with E-state index in [-0.39, 0.29) is 5.75 Å². The van der Waals surface area contributed by atoms with Crippen LogP contribution in [-0.2, 0) is 11.2 Å². The summed E-state index contributed by atoms with van der Waals surface area (Å²) in [7, 11) is 0. The summed E-state index contributed by atoms with van der Waals surface area (Å²) < 4.78 is 43.0. The van der Waals surface area contributed by atoms with E-state index in [4.69, 9.17) is 0 Å². The number of fused-ring (bicyclic) bond motifs is 1. The third kappa shape index (κ3) is 3.91. The second kappa shape index (κ2) is 7.36. The zero-order chi connectivity index (χ0) is 18.9. The fraction of sp³-hybridized carbons (Fsp3) is 0.333. The second-order valence-electron chi connectivity index (χ2n) is 6.02. The normalized spacial score (nSPS) is 18.9. The number of benzene rings is 1. The van der Waals surface area contributed by atoms with Gasteiger partial charge in [-0.1, -0.05) is 18.2 Å². The average molecular weight is 429 g/mol. The van der Waals surface area contributed by atoms with E-state index in [1.807, 2.05) is 11.0 Å². The number of carbonyl (C=O) groups is 1. The summed E-state index contributed by atoms with van der Waals surface area (Å²) >= 11 is 3.35. The summed E-state index contributed by atoms with van der Waals surface area (Å²) in [5.74, 6) is -0.254. The average Bonchev–Trinajstić information content (AvgIpc) is 2.59. The molecule has 138 valence electrons. The molecule has 1 aromatic heterocycles. The number of nitrogens with zero attached hydrogens (tertiary/aromatic N) is 2. The van der Waals surface area contributed by atoms with Crippen molar-refractivity contribution in [2.75, 3.05) is 6.54 Å². The molecule has 1 aliphatic heterocycles. The molecule has 0 N–H and O–H groups in total. The van der Waals surface area contributed by atoms with Crippen LogP contribution in [0.15, 0.2) is 41.0 Å². The summed E-state index contributed by atoms with van der Waals surface area (Å²) in [5, 5.41) is 0. The number of ether oxygens (including phenoxy) is 1. The fourth-order valence-electron chi connectivity index (χ4n) is 3.31. The number of pyridine rings is 1. The molecule has 0 saturated carbocycles. The monoisotopic (exact) mass is 428 g/mol. The molecule has 4 nitrogen and oxygen atoms in total. The Kier molecular flexibility index (Phi) is 5.34. The SMILES string of the molecule is CC(c1ccccc1OC(F)(F)F)N1CCc2ncc(Br)cc2C1C=O. The molecule has 26 heavy (non-hydrogen) atoms. The maximum absolute atomic E-state index is 12.7. The minimum absolute atomic E-state index is 0.254. The topological polar surface area (TPSA) is 42.4 Å². The second-order valence-corrected chi connectivity index (χ2v) is 6.94. The maximum atomic E-state index is 12.7. The van der Waals surface area contributed by atoms with Gasteiger partial charge in [-0.15, -0.1) is 13.2 Å². The van der Waals surface area contributed by atoms with Crippen molar-refractivity contribution in [2.24, 2.45) is 0 Å². The van der Waals surface area contributed by atoms with Crippen molar-refractivity contribution in [1.82, 2.24) is 9.88 Å². The van der Waals surface area contributed by atoms with E-state index in [1.165, 1.54) is 12.1 Å². The molecule has 2 unspecified atom stereocenters. The largest absolute Gasteiger partial charge is 0.573 e. The highest BCUT2D eigenvalue weighted by atomic mass is 79.9. The van der Waals surface area contributed by atoms with Gasteiger partial charge in [-0.2, -0.15) is 0 Å². The maximum Gasteiger partial charge on any atom is 0.573 e. The molecule has 0 fully saturated rings. The molecule has 8 heteroatoms. The van der Waals surface area contributed by atoms with Crippen molar-refractivity contribution in [3.8, 4) is 5.75 Å². The molecular weight excluding hydrogens is 413 g/mol. The molecule has 0 bridgehead atoms. The van der Waals surface area contributed by atoms with Crippen molar-refractivity contribution < 1.29 is 22.7 Å². The number of aldehydes is 1. The Morgan fingerprint density at radius 2 is 2.12 bits per heavy atom. The van der Waals surface area contributed by atoms with Crippen LogP contribution >= 0.6 is 15.9 Å².